The number of rotatable bonds is 4. The molecular weight excluding hydrogens is 358 g/mol. The third-order valence-electron chi connectivity index (χ3n) is 4.20. The first-order valence-electron chi connectivity index (χ1n) is 8.55. The van der Waals surface area contributed by atoms with Crippen LogP contribution in [-0.2, 0) is 4.74 Å². The van der Waals surface area contributed by atoms with E-state index >= 15 is 0 Å². The summed E-state index contributed by atoms with van der Waals surface area (Å²) in [6, 6.07) is 15.8. The van der Waals surface area contributed by atoms with Gasteiger partial charge in [-0.1, -0.05) is 30.3 Å². The Kier molecular flexibility index (Phi) is 4.56. The Hall–Kier alpha value is -3.25. The van der Waals surface area contributed by atoms with Gasteiger partial charge in [-0.2, -0.15) is 0 Å². The summed E-state index contributed by atoms with van der Waals surface area (Å²) >= 11 is 1.26. The Morgan fingerprint density at radius 3 is 2.63 bits per heavy atom. The number of nitrogens with two attached hydrogens (primary N) is 1. The minimum Gasteiger partial charge on any atom is -0.462 e. The van der Waals surface area contributed by atoms with Crippen molar-refractivity contribution >= 4 is 33.2 Å². The molecule has 134 valence electrons. The second kappa shape index (κ2) is 7.17. The van der Waals surface area contributed by atoms with E-state index in [1.807, 2.05) is 48.5 Å². The molecule has 27 heavy (non-hydrogen) atoms. The van der Waals surface area contributed by atoms with Gasteiger partial charge in [-0.15, -0.1) is 11.3 Å². The molecule has 0 spiro atoms. The van der Waals surface area contributed by atoms with E-state index < -0.39 is 5.97 Å². The van der Waals surface area contributed by atoms with E-state index in [1.165, 1.54) is 11.3 Å². The Morgan fingerprint density at radius 1 is 1.15 bits per heavy atom. The van der Waals surface area contributed by atoms with Gasteiger partial charge in [0.05, 0.1) is 18.0 Å². The molecule has 0 radical (unpaired) electrons. The summed E-state index contributed by atoms with van der Waals surface area (Å²) in [5, 5.41) is 0.780. The summed E-state index contributed by atoms with van der Waals surface area (Å²) < 4.78 is 5.15. The van der Waals surface area contributed by atoms with E-state index in [1.54, 1.807) is 19.3 Å². The topological polar surface area (TPSA) is 78.1 Å². The number of fused-ring (bicyclic) bond motifs is 1. The molecule has 4 aromatic rings. The van der Waals surface area contributed by atoms with Crippen molar-refractivity contribution in [3.05, 3.63) is 65.8 Å². The van der Waals surface area contributed by atoms with Crippen LogP contribution in [0.5, 0.6) is 0 Å². The predicted molar refractivity (Wildman–Crippen MR) is 109 cm³/mol. The molecule has 1 aromatic carbocycles. The molecule has 0 saturated carbocycles. The van der Waals surface area contributed by atoms with Crippen molar-refractivity contribution in [1.29, 1.82) is 0 Å². The van der Waals surface area contributed by atoms with E-state index in [0.29, 0.717) is 22.0 Å². The SMILES string of the molecule is CCOC(=O)c1sc2nc(-c3cccnc3)cc(-c3ccccc3)c2c1N. The van der Waals surface area contributed by atoms with Gasteiger partial charge < -0.3 is 10.5 Å². The first-order valence-corrected chi connectivity index (χ1v) is 9.36. The number of hydrogen-bond donors (Lipinski definition) is 1. The van der Waals surface area contributed by atoms with Gasteiger partial charge in [-0.25, -0.2) is 9.78 Å². The second-order valence-corrected chi connectivity index (χ2v) is 6.91. The zero-order valence-corrected chi connectivity index (χ0v) is 15.5. The summed E-state index contributed by atoms with van der Waals surface area (Å²) in [4.78, 5) is 22.3. The van der Waals surface area contributed by atoms with Crippen LogP contribution in [0.1, 0.15) is 16.6 Å². The van der Waals surface area contributed by atoms with Gasteiger partial charge in [0.25, 0.3) is 0 Å². The van der Waals surface area contributed by atoms with Gasteiger partial charge >= 0.3 is 5.97 Å². The lowest BCUT2D eigenvalue weighted by molar-refractivity contribution is 0.0533. The minimum absolute atomic E-state index is 0.298. The van der Waals surface area contributed by atoms with Crippen molar-refractivity contribution in [3.63, 3.8) is 0 Å². The molecule has 0 saturated heterocycles. The lowest BCUT2D eigenvalue weighted by atomic mass is 10.00. The van der Waals surface area contributed by atoms with Gasteiger partial charge in [-0.05, 0) is 36.2 Å². The van der Waals surface area contributed by atoms with Crippen molar-refractivity contribution in [2.75, 3.05) is 12.3 Å². The fraction of sp³-hybridized carbons (Fsp3) is 0.0952. The first kappa shape index (κ1) is 17.2. The molecule has 0 aliphatic rings. The van der Waals surface area contributed by atoms with Gasteiger partial charge in [0.15, 0.2) is 0 Å². The van der Waals surface area contributed by atoms with Gasteiger partial charge in [0.1, 0.15) is 9.71 Å². The van der Waals surface area contributed by atoms with Crippen LogP contribution < -0.4 is 5.73 Å². The van der Waals surface area contributed by atoms with Crippen LogP contribution in [-0.4, -0.2) is 22.5 Å². The highest BCUT2D eigenvalue weighted by Crippen LogP contribution is 2.41. The summed E-state index contributed by atoms with van der Waals surface area (Å²) in [5.74, 6) is -0.417. The van der Waals surface area contributed by atoms with E-state index in [9.17, 15) is 4.79 Å². The number of ether oxygens (including phenoxy) is 1. The number of carbonyl (C=O) groups is 1. The molecule has 4 rings (SSSR count). The molecule has 0 bridgehead atoms. The molecule has 0 aliphatic carbocycles. The number of esters is 1. The van der Waals surface area contributed by atoms with E-state index in [2.05, 4.69) is 4.98 Å². The molecule has 3 aromatic heterocycles. The van der Waals surface area contributed by atoms with E-state index in [0.717, 1.165) is 27.8 Å². The average molecular weight is 375 g/mol. The standard InChI is InChI=1S/C21H17N3O2S/c1-2-26-21(25)19-18(22)17-15(13-7-4-3-5-8-13)11-16(24-20(17)27-19)14-9-6-10-23-12-14/h3-12H,2,22H2,1H3. The van der Waals surface area contributed by atoms with Crippen molar-refractivity contribution in [2.45, 2.75) is 6.92 Å². The lowest BCUT2D eigenvalue weighted by Gasteiger charge is -2.08. The van der Waals surface area contributed by atoms with Crippen LogP contribution in [0.25, 0.3) is 32.6 Å². The monoisotopic (exact) mass is 375 g/mol. The number of pyridine rings is 2. The summed E-state index contributed by atoms with van der Waals surface area (Å²) in [6.45, 7) is 2.07. The third-order valence-corrected chi connectivity index (χ3v) is 5.28. The van der Waals surface area contributed by atoms with Crippen LogP contribution in [0.4, 0.5) is 5.69 Å². The Morgan fingerprint density at radius 2 is 1.93 bits per heavy atom. The molecule has 6 heteroatoms. The highest BCUT2D eigenvalue weighted by molar-refractivity contribution is 7.21. The molecule has 0 atom stereocenters. The summed E-state index contributed by atoms with van der Waals surface area (Å²) in [5.41, 5.74) is 10.4. The molecule has 0 amide bonds. The normalized spacial score (nSPS) is 10.9. The van der Waals surface area contributed by atoms with Crippen molar-refractivity contribution in [1.82, 2.24) is 9.97 Å². The van der Waals surface area contributed by atoms with Crippen molar-refractivity contribution in [2.24, 2.45) is 0 Å². The molecule has 2 N–H and O–H groups in total. The maximum Gasteiger partial charge on any atom is 0.350 e. The number of anilines is 1. The van der Waals surface area contributed by atoms with Gasteiger partial charge in [0.2, 0.25) is 0 Å². The largest absolute Gasteiger partial charge is 0.462 e. The fourth-order valence-corrected chi connectivity index (χ4v) is 3.99. The number of nitrogens with zero attached hydrogens (tertiary/aromatic N) is 2. The molecule has 5 nitrogen and oxygen atoms in total. The number of benzene rings is 1. The summed E-state index contributed by atoms with van der Waals surface area (Å²) in [6.07, 6.45) is 3.49. The highest BCUT2D eigenvalue weighted by Gasteiger charge is 2.22. The quantitative estimate of drug-likeness (QED) is 0.519. The molecule has 0 fully saturated rings. The number of aromatic nitrogens is 2. The minimum atomic E-state index is -0.417. The number of thiophene rings is 1. The van der Waals surface area contributed by atoms with Crippen LogP contribution in [0.3, 0.4) is 0 Å². The van der Waals surface area contributed by atoms with E-state index in [4.69, 9.17) is 15.5 Å². The summed E-state index contributed by atoms with van der Waals surface area (Å²) in [7, 11) is 0. The second-order valence-electron chi connectivity index (χ2n) is 5.91. The van der Waals surface area contributed by atoms with Crippen LogP contribution in [0.15, 0.2) is 60.9 Å². The van der Waals surface area contributed by atoms with Crippen LogP contribution >= 0.6 is 11.3 Å². The number of hydrogen-bond acceptors (Lipinski definition) is 6. The Balaban J connectivity index is 2.01. The first-order chi connectivity index (χ1) is 13.2. The molecule has 3 heterocycles. The molecular formula is C21H17N3O2S. The maximum absolute atomic E-state index is 12.3. The van der Waals surface area contributed by atoms with Crippen molar-refractivity contribution in [3.8, 4) is 22.4 Å². The average Bonchev–Trinajstić information content (AvgIpc) is 3.05. The van der Waals surface area contributed by atoms with Gasteiger partial charge in [0, 0.05) is 23.3 Å². The van der Waals surface area contributed by atoms with Crippen LogP contribution in [0, 0.1) is 0 Å². The smallest absolute Gasteiger partial charge is 0.350 e. The zero-order chi connectivity index (χ0) is 18.8. The maximum atomic E-state index is 12.3. The molecule has 0 unspecified atom stereocenters. The fourth-order valence-electron chi connectivity index (χ4n) is 2.98. The number of carbonyl (C=O) groups excluding carboxylic acids is 1. The molecule has 0 aliphatic heterocycles. The van der Waals surface area contributed by atoms with Gasteiger partial charge in [-0.3, -0.25) is 4.98 Å². The lowest BCUT2D eigenvalue weighted by Crippen LogP contribution is -2.04. The van der Waals surface area contributed by atoms with E-state index in [-0.39, 0.29) is 0 Å². The van der Waals surface area contributed by atoms with Crippen molar-refractivity contribution < 1.29 is 9.53 Å². The Labute approximate surface area is 160 Å². The highest BCUT2D eigenvalue weighted by atomic mass is 32.1. The Bertz CT molecular complexity index is 1110. The predicted octanol–water partition coefficient (Wildman–Crippen LogP) is 4.78. The number of nitrogen functional groups attached to an aromatic ring is 1. The third kappa shape index (κ3) is 3.15. The zero-order valence-electron chi connectivity index (χ0n) is 14.7. The van der Waals surface area contributed by atoms with Crippen LogP contribution in [0.2, 0.25) is 0 Å².